The highest BCUT2D eigenvalue weighted by Gasteiger charge is 2.51. The minimum Gasteiger partial charge on any atom is -0.252 e. The molecule has 2 aliphatic rings. The van der Waals surface area contributed by atoms with Crippen molar-refractivity contribution in [3.8, 4) is 78.8 Å². The first-order chi connectivity index (χ1) is 37.2. The molecule has 14 aromatic rings. The highest BCUT2D eigenvalue weighted by Crippen LogP contribution is 2.63. The third-order valence-corrected chi connectivity index (χ3v) is 15.9. The number of nitrogens with zero attached hydrogens (tertiary/aromatic N) is 5. The summed E-state index contributed by atoms with van der Waals surface area (Å²) in [5, 5.41) is 9.19. The number of hydrogen-bond acceptors (Lipinski definition) is 5. The van der Waals surface area contributed by atoms with Gasteiger partial charge in [-0.2, -0.15) is 0 Å². The van der Waals surface area contributed by atoms with E-state index in [1.165, 1.54) is 60.7 Å². The number of benzene rings is 12. The van der Waals surface area contributed by atoms with Gasteiger partial charge in [-0.3, -0.25) is 4.98 Å². The van der Waals surface area contributed by atoms with Gasteiger partial charge in [-0.25, -0.2) is 19.9 Å². The molecule has 0 N–H and O–H groups in total. The van der Waals surface area contributed by atoms with E-state index in [-0.39, 0.29) is 0 Å². The van der Waals surface area contributed by atoms with Crippen LogP contribution in [0.5, 0.6) is 0 Å². The Kier molecular flexibility index (Phi) is 8.89. The zero-order valence-electron chi connectivity index (χ0n) is 40.4. The van der Waals surface area contributed by atoms with Gasteiger partial charge in [0.1, 0.15) is 0 Å². The molecule has 346 valence electrons. The minimum absolute atomic E-state index is 0.452. The van der Waals surface area contributed by atoms with E-state index in [2.05, 4.69) is 224 Å². The number of rotatable bonds is 5. The molecule has 2 heterocycles. The minimum atomic E-state index is -0.452. The lowest BCUT2D eigenvalue weighted by Gasteiger charge is -2.30. The van der Waals surface area contributed by atoms with Gasteiger partial charge in [0.15, 0.2) is 17.5 Å². The molecule has 1 spiro atoms. The first-order valence-corrected chi connectivity index (χ1v) is 25.6. The average molecular weight is 952 g/mol. The van der Waals surface area contributed by atoms with E-state index in [0.29, 0.717) is 17.5 Å². The lowest BCUT2D eigenvalue weighted by molar-refractivity contribution is 0.794. The summed E-state index contributed by atoms with van der Waals surface area (Å²) in [6, 6.07) is 87.2. The highest BCUT2D eigenvalue weighted by atomic mass is 15.0. The van der Waals surface area contributed by atoms with Gasteiger partial charge in [0.05, 0.1) is 28.3 Å². The highest BCUT2D eigenvalue weighted by molar-refractivity contribution is 6.23. The third kappa shape index (κ3) is 6.10. The van der Waals surface area contributed by atoms with Crippen molar-refractivity contribution in [3.63, 3.8) is 0 Å². The van der Waals surface area contributed by atoms with Gasteiger partial charge in [-0.15, -0.1) is 0 Å². The van der Waals surface area contributed by atoms with Gasteiger partial charge in [0.25, 0.3) is 0 Å². The van der Waals surface area contributed by atoms with E-state index in [9.17, 15) is 0 Å². The maximum Gasteiger partial charge on any atom is 0.164 e. The fourth-order valence-electron chi connectivity index (χ4n) is 12.7. The maximum absolute atomic E-state index is 5.53. The number of hydrogen-bond donors (Lipinski definition) is 0. The Morgan fingerprint density at radius 3 is 1.39 bits per heavy atom. The summed E-state index contributed by atoms with van der Waals surface area (Å²) in [6.07, 6.45) is 1.93. The fourth-order valence-corrected chi connectivity index (χ4v) is 12.7. The molecule has 0 aliphatic heterocycles. The van der Waals surface area contributed by atoms with Crippen molar-refractivity contribution < 1.29 is 0 Å². The molecule has 2 aliphatic carbocycles. The van der Waals surface area contributed by atoms with Gasteiger partial charge in [0, 0.05) is 33.0 Å². The molecule has 75 heavy (non-hydrogen) atoms. The van der Waals surface area contributed by atoms with E-state index in [1.54, 1.807) is 0 Å². The second-order valence-electron chi connectivity index (χ2n) is 19.9. The molecule has 0 saturated carbocycles. The van der Waals surface area contributed by atoms with Crippen LogP contribution in [-0.4, -0.2) is 24.9 Å². The van der Waals surface area contributed by atoms with Crippen molar-refractivity contribution in [3.05, 3.63) is 271 Å². The molecule has 16 rings (SSSR count). The van der Waals surface area contributed by atoms with Crippen LogP contribution in [-0.2, 0) is 5.41 Å². The molecule has 0 saturated heterocycles. The van der Waals surface area contributed by atoms with Gasteiger partial charge in [-0.05, 0) is 118 Å². The molecule has 0 bridgehead atoms. The molecule has 12 aromatic carbocycles. The van der Waals surface area contributed by atoms with Crippen LogP contribution in [0.2, 0.25) is 0 Å². The SMILES string of the molecule is c1ccc(-c2nc(-c3cc(-c4cnc5c6ccccc6c6ccccc6c5n4)cc(-c4cc5ccccc5c5ccccc45)c3)nc(-c3ccc4c(c3)-c3ccccc3C43c4ccccc4-c4ccccc43)n2)cc1. The van der Waals surface area contributed by atoms with Crippen molar-refractivity contribution in [1.82, 2.24) is 24.9 Å². The Hall–Kier alpha value is -9.97. The predicted octanol–water partition coefficient (Wildman–Crippen LogP) is 17.1. The van der Waals surface area contributed by atoms with Crippen LogP contribution < -0.4 is 0 Å². The Bertz CT molecular complexity index is 4650. The van der Waals surface area contributed by atoms with Crippen LogP contribution in [0, 0.1) is 0 Å². The maximum atomic E-state index is 5.53. The summed E-state index contributed by atoms with van der Waals surface area (Å²) < 4.78 is 0. The van der Waals surface area contributed by atoms with E-state index in [0.717, 1.165) is 77.0 Å². The van der Waals surface area contributed by atoms with Crippen LogP contribution in [0.4, 0.5) is 0 Å². The Morgan fingerprint density at radius 1 is 0.253 bits per heavy atom. The van der Waals surface area contributed by atoms with Crippen LogP contribution in [0.3, 0.4) is 0 Å². The van der Waals surface area contributed by atoms with Gasteiger partial charge >= 0.3 is 0 Å². The molecule has 0 atom stereocenters. The summed E-state index contributed by atoms with van der Waals surface area (Å²) in [5.41, 5.74) is 17.9. The van der Waals surface area contributed by atoms with Crippen molar-refractivity contribution >= 4 is 54.1 Å². The Morgan fingerprint density at radius 2 is 0.720 bits per heavy atom. The molecule has 5 heteroatoms. The van der Waals surface area contributed by atoms with E-state index < -0.39 is 5.41 Å². The standard InChI is InChI=1S/C70H41N5/c1-2-18-42(19-3-1)67-73-68(44-34-35-63-59(40-44)55-28-14-17-33-62(55)70(63)60-31-15-12-26-53(60)54-27-13-16-32-61(54)70)75-69(74-67)47-37-45(58-39-43-20-4-5-21-48(43)49-22-6-7-25-52(49)58)36-46(38-47)64-41-71-65-56-29-10-8-23-50(56)51-24-9-11-30-57(51)66(65)72-64/h1-41H. The topological polar surface area (TPSA) is 64.5 Å². The second kappa shape index (κ2) is 16.0. The predicted molar refractivity (Wildman–Crippen MR) is 306 cm³/mol. The smallest absolute Gasteiger partial charge is 0.164 e. The lowest BCUT2D eigenvalue weighted by atomic mass is 9.70. The number of fused-ring (bicyclic) bond motifs is 19. The zero-order valence-corrected chi connectivity index (χ0v) is 40.4. The lowest BCUT2D eigenvalue weighted by Crippen LogP contribution is -2.25. The summed E-state index contributed by atoms with van der Waals surface area (Å²) >= 11 is 0. The van der Waals surface area contributed by atoms with E-state index in [4.69, 9.17) is 24.9 Å². The zero-order chi connectivity index (χ0) is 49.2. The third-order valence-electron chi connectivity index (χ3n) is 15.9. The Labute approximate surface area is 432 Å². The van der Waals surface area contributed by atoms with Crippen molar-refractivity contribution in [2.24, 2.45) is 0 Å². The molecule has 5 nitrogen and oxygen atoms in total. The summed E-state index contributed by atoms with van der Waals surface area (Å²) in [4.78, 5) is 26.9. The molecular formula is C70H41N5. The van der Waals surface area contributed by atoms with Gasteiger partial charge < -0.3 is 0 Å². The molecule has 0 unspecified atom stereocenters. The molecule has 0 amide bonds. The average Bonchev–Trinajstić information content (AvgIpc) is 4.06. The normalized spacial score (nSPS) is 12.9. The molecule has 2 aromatic heterocycles. The second-order valence-corrected chi connectivity index (χ2v) is 19.9. The van der Waals surface area contributed by atoms with E-state index in [1.807, 2.05) is 24.4 Å². The molecule has 0 fully saturated rings. The van der Waals surface area contributed by atoms with Crippen LogP contribution in [0.15, 0.2) is 249 Å². The Balaban J connectivity index is 0.938. The van der Waals surface area contributed by atoms with Crippen molar-refractivity contribution in [2.75, 3.05) is 0 Å². The van der Waals surface area contributed by atoms with Gasteiger partial charge in [0.2, 0.25) is 0 Å². The van der Waals surface area contributed by atoms with E-state index >= 15 is 0 Å². The summed E-state index contributed by atoms with van der Waals surface area (Å²) in [7, 11) is 0. The monoisotopic (exact) mass is 951 g/mol. The van der Waals surface area contributed by atoms with Crippen LogP contribution >= 0.6 is 0 Å². The first-order valence-electron chi connectivity index (χ1n) is 25.6. The van der Waals surface area contributed by atoms with Gasteiger partial charge in [-0.1, -0.05) is 212 Å². The van der Waals surface area contributed by atoms with Crippen LogP contribution in [0.25, 0.3) is 133 Å². The molecular weight excluding hydrogens is 911 g/mol. The van der Waals surface area contributed by atoms with Crippen LogP contribution in [0.1, 0.15) is 22.3 Å². The van der Waals surface area contributed by atoms with Crippen molar-refractivity contribution in [1.29, 1.82) is 0 Å². The quantitative estimate of drug-likeness (QED) is 0.161. The first kappa shape index (κ1) is 41.6. The fraction of sp³-hybridized carbons (Fsp3) is 0.0143. The largest absolute Gasteiger partial charge is 0.252 e. The summed E-state index contributed by atoms with van der Waals surface area (Å²) in [6.45, 7) is 0. The van der Waals surface area contributed by atoms with Crippen molar-refractivity contribution in [2.45, 2.75) is 5.41 Å². The number of aromatic nitrogens is 5. The summed E-state index contributed by atoms with van der Waals surface area (Å²) in [5.74, 6) is 1.76. The molecule has 0 radical (unpaired) electrons.